The highest BCUT2D eigenvalue weighted by Gasteiger charge is 2.20. The minimum atomic E-state index is 1.12. The van der Waals surface area contributed by atoms with Crippen LogP contribution in [0.5, 0.6) is 0 Å². The Hall–Kier alpha value is -6.42. The fourth-order valence-corrected chi connectivity index (χ4v) is 9.24. The van der Waals surface area contributed by atoms with Crippen molar-refractivity contribution >= 4 is 86.7 Å². The number of hydrogen-bond acceptors (Lipinski definition) is 2. The lowest BCUT2D eigenvalue weighted by molar-refractivity contribution is 1.29. The smallest absolute Gasteiger partial charge is 0.0620 e. The average molecular weight is 667 g/mol. The molecule has 11 rings (SSSR count). The van der Waals surface area contributed by atoms with E-state index in [0.717, 1.165) is 17.1 Å². The Bertz CT molecular complexity index is 3060. The number of nitrogens with zero attached hydrogens (tertiary/aromatic N) is 2. The topological polar surface area (TPSA) is 7.65 Å². The predicted molar refractivity (Wildman–Crippen MR) is 220 cm³/mol. The van der Waals surface area contributed by atoms with Crippen LogP contribution in [0.1, 0.15) is 0 Å². The van der Waals surface area contributed by atoms with Crippen molar-refractivity contribution in [2.24, 2.45) is 0 Å². The van der Waals surface area contributed by atoms with Crippen LogP contribution in [0.3, 0.4) is 0 Å². The molecule has 2 nitrogen and oxygen atoms in total. The van der Waals surface area contributed by atoms with Gasteiger partial charge in [0.25, 0.3) is 0 Å². The molecule has 0 aliphatic carbocycles. The van der Waals surface area contributed by atoms with Crippen molar-refractivity contribution < 1.29 is 0 Å². The van der Waals surface area contributed by atoms with Gasteiger partial charge < -0.3 is 9.30 Å². The third kappa shape index (κ3) is 4.35. The van der Waals surface area contributed by atoms with Crippen molar-refractivity contribution in [1.29, 1.82) is 0 Å². The first-order valence-electron chi connectivity index (χ1n) is 17.4. The third-order valence-corrected chi connectivity index (χ3v) is 11.7. The Morgan fingerprint density at radius 3 is 1.67 bits per heavy atom. The van der Waals surface area contributed by atoms with Gasteiger partial charge in [-0.25, -0.2) is 0 Å². The van der Waals surface area contributed by atoms with Crippen LogP contribution in [0.25, 0.3) is 80.5 Å². The monoisotopic (exact) mass is 666 g/mol. The highest BCUT2D eigenvalue weighted by Crippen LogP contribution is 2.43. The fraction of sp³-hybridized carbons (Fsp3) is 0. The summed E-state index contributed by atoms with van der Waals surface area (Å²) in [6.07, 6.45) is 0. The molecule has 0 saturated carbocycles. The number of aromatic nitrogens is 1. The standard InChI is InChI=1S/C48H30N2S/c1-2-9-31(10-3-1)32-17-22-35(23-18-32)49(36-24-19-33(20-25-36)34-21-28-47-43(29-34)39-12-5-7-16-46(39)51-47)37-26-27-45-42(30-37)41-14-8-13-40-38-11-4-6-15-44(38)50(45)48(40)41/h1-30H. The van der Waals surface area contributed by atoms with E-state index in [9.17, 15) is 0 Å². The first kappa shape index (κ1) is 28.4. The molecule has 0 atom stereocenters. The zero-order valence-corrected chi connectivity index (χ0v) is 28.4. The molecule has 3 heteroatoms. The first-order valence-corrected chi connectivity index (χ1v) is 18.2. The summed E-state index contributed by atoms with van der Waals surface area (Å²) in [5.74, 6) is 0. The van der Waals surface area contributed by atoms with Crippen LogP contribution >= 0.6 is 11.3 Å². The zero-order chi connectivity index (χ0) is 33.5. The van der Waals surface area contributed by atoms with Crippen molar-refractivity contribution in [2.45, 2.75) is 0 Å². The van der Waals surface area contributed by atoms with E-state index < -0.39 is 0 Å². The molecule has 0 saturated heterocycles. The highest BCUT2D eigenvalue weighted by molar-refractivity contribution is 7.25. The lowest BCUT2D eigenvalue weighted by atomic mass is 10.0. The van der Waals surface area contributed by atoms with E-state index in [-0.39, 0.29) is 0 Å². The molecule has 3 aromatic heterocycles. The molecule has 11 aromatic rings. The summed E-state index contributed by atoms with van der Waals surface area (Å²) in [4.78, 5) is 2.39. The maximum atomic E-state index is 2.44. The summed E-state index contributed by atoms with van der Waals surface area (Å²) >= 11 is 1.86. The minimum Gasteiger partial charge on any atom is -0.310 e. The van der Waals surface area contributed by atoms with Gasteiger partial charge in [0.1, 0.15) is 0 Å². The number of fused-ring (bicyclic) bond motifs is 9. The van der Waals surface area contributed by atoms with Crippen molar-refractivity contribution in [2.75, 3.05) is 4.90 Å². The first-order chi connectivity index (χ1) is 25.3. The average Bonchev–Trinajstić information content (AvgIpc) is 3.86. The van der Waals surface area contributed by atoms with Gasteiger partial charge in [-0.15, -0.1) is 11.3 Å². The van der Waals surface area contributed by atoms with Gasteiger partial charge in [-0.1, -0.05) is 115 Å². The molecule has 0 N–H and O–H groups in total. The van der Waals surface area contributed by atoms with Gasteiger partial charge in [0.05, 0.1) is 16.6 Å². The number of para-hydroxylation sites is 2. The van der Waals surface area contributed by atoms with Gasteiger partial charge in [-0.2, -0.15) is 0 Å². The Morgan fingerprint density at radius 2 is 0.882 bits per heavy atom. The van der Waals surface area contributed by atoms with Crippen molar-refractivity contribution in [3.05, 3.63) is 182 Å². The van der Waals surface area contributed by atoms with Gasteiger partial charge in [-0.05, 0) is 89.0 Å². The Labute approximate surface area is 299 Å². The normalized spacial score (nSPS) is 11.9. The summed E-state index contributed by atoms with van der Waals surface area (Å²) in [6.45, 7) is 0. The highest BCUT2D eigenvalue weighted by atomic mass is 32.1. The van der Waals surface area contributed by atoms with Gasteiger partial charge >= 0.3 is 0 Å². The molecular weight excluding hydrogens is 637 g/mol. The van der Waals surface area contributed by atoms with Crippen LogP contribution in [0, 0.1) is 0 Å². The number of thiophene rings is 1. The second-order valence-electron chi connectivity index (χ2n) is 13.4. The summed E-state index contributed by atoms with van der Waals surface area (Å²) in [6, 6.07) is 66.7. The minimum absolute atomic E-state index is 1.12. The molecule has 0 unspecified atom stereocenters. The Balaban J connectivity index is 1.06. The molecule has 0 spiro atoms. The maximum Gasteiger partial charge on any atom is 0.0620 e. The van der Waals surface area contributed by atoms with E-state index >= 15 is 0 Å². The third-order valence-electron chi connectivity index (χ3n) is 10.5. The van der Waals surface area contributed by atoms with Gasteiger partial charge in [0.2, 0.25) is 0 Å². The molecule has 0 bridgehead atoms. The summed E-state index contributed by atoms with van der Waals surface area (Å²) in [5.41, 5.74) is 12.0. The van der Waals surface area contributed by atoms with Gasteiger partial charge in [0, 0.05) is 58.8 Å². The van der Waals surface area contributed by atoms with E-state index in [0.29, 0.717) is 0 Å². The van der Waals surface area contributed by atoms with Crippen LogP contribution in [0.4, 0.5) is 17.1 Å². The Morgan fingerprint density at radius 1 is 0.333 bits per heavy atom. The summed E-state index contributed by atoms with van der Waals surface area (Å²) in [5, 5.41) is 7.80. The van der Waals surface area contributed by atoms with E-state index in [1.807, 2.05) is 11.3 Å². The molecular formula is C48H30N2S. The number of benzene rings is 8. The largest absolute Gasteiger partial charge is 0.310 e. The van der Waals surface area contributed by atoms with E-state index in [1.165, 1.54) is 80.5 Å². The predicted octanol–water partition coefficient (Wildman–Crippen LogP) is 14.0. The van der Waals surface area contributed by atoms with Crippen LogP contribution in [-0.4, -0.2) is 4.40 Å². The van der Waals surface area contributed by atoms with E-state index in [2.05, 4.69) is 191 Å². The van der Waals surface area contributed by atoms with Crippen molar-refractivity contribution in [3.8, 4) is 22.3 Å². The number of hydrogen-bond donors (Lipinski definition) is 0. The zero-order valence-electron chi connectivity index (χ0n) is 27.6. The second kappa shape index (κ2) is 11.0. The summed E-state index contributed by atoms with van der Waals surface area (Å²) < 4.78 is 5.11. The molecule has 0 aliphatic heterocycles. The fourth-order valence-electron chi connectivity index (χ4n) is 8.15. The van der Waals surface area contributed by atoms with Crippen LogP contribution in [0.15, 0.2) is 182 Å². The second-order valence-corrected chi connectivity index (χ2v) is 14.4. The molecule has 0 fully saturated rings. The van der Waals surface area contributed by atoms with E-state index in [4.69, 9.17) is 0 Å². The quantitative estimate of drug-likeness (QED) is 0.177. The van der Waals surface area contributed by atoms with Gasteiger partial charge in [0.15, 0.2) is 0 Å². The molecule has 0 radical (unpaired) electrons. The molecule has 0 amide bonds. The number of anilines is 3. The SMILES string of the molecule is c1ccc(-c2ccc(N(c3ccc(-c4ccc5sc6ccccc6c5c4)cc3)c3ccc4c(c3)c3cccc5c6ccccc6n4c53)cc2)cc1. The van der Waals surface area contributed by atoms with Crippen molar-refractivity contribution in [1.82, 2.24) is 4.40 Å². The summed E-state index contributed by atoms with van der Waals surface area (Å²) in [7, 11) is 0. The molecule has 0 aliphatic rings. The molecule has 3 heterocycles. The van der Waals surface area contributed by atoms with Crippen molar-refractivity contribution in [3.63, 3.8) is 0 Å². The maximum absolute atomic E-state index is 2.44. The molecule has 51 heavy (non-hydrogen) atoms. The lowest BCUT2D eigenvalue weighted by Gasteiger charge is -2.26. The van der Waals surface area contributed by atoms with Gasteiger partial charge in [-0.3, -0.25) is 0 Å². The molecule has 238 valence electrons. The van der Waals surface area contributed by atoms with Crippen LogP contribution in [0.2, 0.25) is 0 Å². The number of rotatable bonds is 5. The molecule has 8 aromatic carbocycles. The van der Waals surface area contributed by atoms with Crippen LogP contribution < -0.4 is 4.90 Å². The lowest BCUT2D eigenvalue weighted by Crippen LogP contribution is -2.09. The van der Waals surface area contributed by atoms with Crippen LogP contribution in [-0.2, 0) is 0 Å². The Kier molecular flexibility index (Phi) is 6.16. The van der Waals surface area contributed by atoms with E-state index in [1.54, 1.807) is 0 Å².